The zero-order valence-corrected chi connectivity index (χ0v) is 7.84. The van der Waals surface area contributed by atoms with Crippen LogP contribution in [0.2, 0.25) is 0 Å². The fourth-order valence-corrected chi connectivity index (χ4v) is 2.04. The van der Waals surface area contributed by atoms with Gasteiger partial charge in [0, 0.05) is 12.7 Å². The molecule has 0 aliphatic heterocycles. The first-order valence-corrected chi connectivity index (χ1v) is 5.65. The first kappa shape index (κ1) is 8.71. The van der Waals surface area contributed by atoms with Crippen molar-refractivity contribution in [1.82, 2.24) is 14.9 Å². The number of sulfonamides is 1. The summed E-state index contributed by atoms with van der Waals surface area (Å²) in [5.74, 6) is 0.543. The van der Waals surface area contributed by atoms with E-state index in [1.165, 1.54) is 12.4 Å². The van der Waals surface area contributed by atoms with Crippen LogP contribution in [0.3, 0.4) is 0 Å². The van der Waals surface area contributed by atoms with E-state index in [4.69, 9.17) is 0 Å². The van der Waals surface area contributed by atoms with Crippen molar-refractivity contribution in [2.75, 3.05) is 6.54 Å². The van der Waals surface area contributed by atoms with Gasteiger partial charge < -0.3 is 0 Å². The number of nitrogens with zero attached hydrogens (tertiary/aromatic N) is 1. The van der Waals surface area contributed by atoms with Crippen molar-refractivity contribution < 1.29 is 8.42 Å². The van der Waals surface area contributed by atoms with Gasteiger partial charge in [0.15, 0.2) is 0 Å². The minimum Gasteiger partial charge on any atom is -0.284 e. The third kappa shape index (κ3) is 2.07. The molecule has 1 aliphatic rings. The quantitative estimate of drug-likeness (QED) is 0.725. The number of aromatic nitrogens is 2. The van der Waals surface area contributed by atoms with Crippen LogP contribution in [0.5, 0.6) is 0 Å². The number of nitrogens with one attached hydrogen (secondary N) is 2. The molecule has 13 heavy (non-hydrogen) atoms. The second kappa shape index (κ2) is 3.12. The van der Waals surface area contributed by atoms with Gasteiger partial charge in [0.2, 0.25) is 10.0 Å². The van der Waals surface area contributed by atoms with Crippen LogP contribution < -0.4 is 4.72 Å². The lowest BCUT2D eigenvalue weighted by Crippen LogP contribution is -2.25. The van der Waals surface area contributed by atoms with Crippen molar-refractivity contribution in [3.05, 3.63) is 12.4 Å². The van der Waals surface area contributed by atoms with E-state index in [-0.39, 0.29) is 4.90 Å². The van der Waals surface area contributed by atoms with E-state index in [9.17, 15) is 8.42 Å². The van der Waals surface area contributed by atoms with Crippen LogP contribution in [0.1, 0.15) is 12.8 Å². The van der Waals surface area contributed by atoms with Crippen molar-refractivity contribution in [3.63, 3.8) is 0 Å². The number of hydrogen-bond acceptors (Lipinski definition) is 3. The lowest BCUT2D eigenvalue weighted by molar-refractivity contribution is 0.577. The number of H-pyrrole nitrogens is 1. The molecule has 0 radical (unpaired) electrons. The largest absolute Gasteiger partial charge is 0.284 e. The summed E-state index contributed by atoms with van der Waals surface area (Å²) in [6.07, 6.45) is 4.94. The van der Waals surface area contributed by atoms with Gasteiger partial charge in [-0.15, -0.1) is 0 Å². The highest BCUT2D eigenvalue weighted by Gasteiger charge is 2.24. The molecule has 1 heterocycles. The Hall–Kier alpha value is -0.880. The highest BCUT2D eigenvalue weighted by atomic mass is 32.2. The average Bonchev–Trinajstić information content (AvgIpc) is 2.74. The van der Waals surface area contributed by atoms with E-state index in [0.717, 1.165) is 12.8 Å². The lowest BCUT2D eigenvalue weighted by Gasteiger charge is -2.01. The molecule has 6 heteroatoms. The molecule has 0 saturated heterocycles. The molecule has 0 atom stereocenters. The van der Waals surface area contributed by atoms with Crippen LogP contribution in [-0.2, 0) is 10.0 Å². The Labute approximate surface area is 76.6 Å². The summed E-state index contributed by atoms with van der Waals surface area (Å²) in [4.78, 5) is 0.202. The predicted molar refractivity (Wildman–Crippen MR) is 46.5 cm³/mol. The fourth-order valence-electron chi connectivity index (χ4n) is 1.02. The number of hydrogen-bond donors (Lipinski definition) is 2. The molecule has 0 amide bonds. The molecule has 0 unspecified atom stereocenters. The zero-order chi connectivity index (χ0) is 9.31. The summed E-state index contributed by atoms with van der Waals surface area (Å²) < 4.78 is 25.4. The van der Waals surface area contributed by atoms with Gasteiger partial charge in [-0.05, 0) is 18.8 Å². The second-order valence-electron chi connectivity index (χ2n) is 3.23. The van der Waals surface area contributed by atoms with Crippen LogP contribution in [0.4, 0.5) is 0 Å². The van der Waals surface area contributed by atoms with Crippen LogP contribution >= 0.6 is 0 Å². The zero-order valence-electron chi connectivity index (χ0n) is 7.03. The summed E-state index contributed by atoms with van der Waals surface area (Å²) in [6, 6.07) is 0. The van der Waals surface area contributed by atoms with Crippen LogP contribution in [0, 0.1) is 5.92 Å². The molecule has 1 aromatic heterocycles. The molecule has 0 spiro atoms. The van der Waals surface area contributed by atoms with Gasteiger partial charge in [-0.25, -0.2) is 13.1 Å². The van der Waals surface area contributed by atoms with Crippen LogP contribution in [0.25, 0.3) is 0 Å². The molecule has 0 aromatic carbocycles. The van der Waals surface area contributed by atoms with Crippen LogP contribution in [0.15, 0.2) is 17.3 Å². The van der Waals surface area contributed by atoms with E-state index in [1.54, 1.807) is 0 Å². The smallest absolute Gasteiger partial charge is 0.243 e. The molecule has 2 N–H and O–H groups in total. The average molecular weight is 201 g/mol. The standard InChI is InChI=1S/C7H11N3O2S/c11-13(12,7-4-8-9-5-7)10-3-6-1-2-6/h4-6,10H,1-3H2,(H,8,9). The molecule has 72 valence electrons. The summed E-state index contributed by atoms with van der Waals surface area (Å²) in [5, 5.41) is 6.06. The highest BCUT2D eigenvalue weighted by molar-refractivity contribution is 7.89. The Kier molecular flexibility index (Phi) is 2.09. The van der Waals surface area contributed by atoms with Crippen molar-refractivity contribution >= 4 is 10.0 Å². The van der Waals surface area contributed by atoms with Crippen molar-refractivity contribution in [3.8, 4) is 0 Å². The summed E-state index contributed by atoms with van der Waals surface area (Å²) in [6.45, 7) is 0.549. The van der Waals surface area contributed by atoms with Crippen molar-refractivity contribution in [1.29, 1.82) is 0 Å². The maximum atomic E-state index is 11.5. The van der Waals surface area contributed by atoms with E-state index < -0.39 is 10.0 Å². The molecular formula is C7H11N3O2S. The maximum absolute atomic E-state index is 11.5. The normalized spacial score (nSPS) is 17.5. The van der Waals surface area contributed by atoms with Gasteiger partial charge in [0.1, 0.15) is 4.90 Å². The van der Waals surface area contributed by atoms with Gasteiger partial charge in [-0.3, -0.25) is 5.10 Å². The first-order valence-electron chi connectivity index (χ1n) is 4.17. The highest BCUT2D eigenvalue weighted by Crippen LogP contribution is 2.28. The van der Waals surface area contributed by atoms with Gasteiger partial charge >= 0.3 is 0 Å². The fraction of sp³-hybridized carbons (Fsp3) is 0.571. The number of aromatic amines is 1. The molecule has 1 fully saturated rings. The Morgan fingerprint density at radius 2 is 2.38 bits per heavy atom. The van der Waals surface area contributed by atoms with Gasteiger partial charge in [-0.2, -0.15) is 5.10 Å². The molecule has 1 aromatic rings. The Morgan fingerprint density at radius 1 is 1.62 bits per heavy atom. The van der Waals surface area contributed by atoms with Crippen molar-refractivity contribution in [2.45, 2.75) is 17.7 Å². The summed E-state index contributed by atoms with van der Waals surface area (Å²) in [7, 11) is -3.32. The second-order valence-corrected chi connectivity index (χ2v) is 5.00. The molecule has 1 aliphatic carbocycles. The monoisotopic (exact) mass is 201 g/mol. The van der Waals surface area contributed by atoms with E-state index in [2.05, 4.69) is 14.9 Å². The Bertz CT molecular complexity index is 366. The van der Waals surface area contributed by atoms with Crippen LogP contribution in [-0.4, -0.2) is 25.2 Å². The predicted octanol–water partition coefficient (Wildman–Crippen LogP) is 0.0980. The summed E-state index contributed by atoms with van der Waals surface area (Å²) >= 11 is 0. The molecule has 1 saturated carbocycles. The molecular weight excluding hydrogens is 190 g/mol. The third-order valence-corrected chi connectivity index (χ3v) is 3.43. The van der Waals surface area contributed by atoms with Gasteiger partial charge in [-0.1, -0.05) is 0 Å². The van der Waals surface area contributed by atoms with E-state index in [0.29, 0.717) is 12.5 Å². The summed E-state index contributed by atoms with van der Waals surface area (Å²) in [5.41, 5.74) is 0. The lowest BCUT2D eigenvalue weighted by atomic mass is 10.4. The van der Waals surface area contributed by atoms with Gasteiger partial charge in [0.25, 0.3) is 0 Å². The topological polar surface area (TPSA) is 74.8 Å². The third-order valence-electron chi connectivity index (χ3n) is 2.04. The van der Waals surface area contributed by atoms with Crippen molar-refractivity contribution in [2.24, 2.45) is 5.92 Å². The number of rotatable bonds is 4. The SMILES string of the molecule is O=S(=O)(NCC1CC1)c1cn[nH]c1. The first-order chi connectivity index (χ1) is 6.18. The Morgan fingerprint density at radius 3 is 2.92 bits per heavy atom. The Balaban J connectivity index is 2.02. The van der Waals surface area contributed by atoms with E-state index in [1.807, 2.05) is 0 Å². The molecule has 2 rings (SSSR count). The minimum absolute atomic E-state index is 0.202. The molecule has 5 nitrogen and oxygen atoms in total. The molecule has 0 bridgehead atoms. The van der Waals surface area contributed by atoms with Gasteiger partial charge in [0.05, 0.1) is 6.20 Å². The maximum Gasteiger partial charge on any atom is 0.243 e. The van der Waals surface area contributed by atoms with E-state index >= 15 is 0 Å². The minimum atomic E-state index is -3.32.